The van der Waals surface area contributed by atoms with Crippen LogP contribution in [0, 0.1) is 6.92 Å². The lowest BCUT2D eigenvalue weighted by molar-refractivity contribution is 0.633. The number of para-hydroxylation sites is 2. The highest BCUT2D eigenvalue weighted by atomic mass is 15.0. The van der Waals surface area contributed by atoms with Gasteiger partial charge in [-0.15, -0.1) is 0 Å². The predicted molar refractivity (Wildman–Crippen MR) is 81.7 cm³/mol. The maximum absolute atomic E-state index is 3.66. The van der Waals surface area contributed by atoms with Gasteiger partial charge in [0, 0.05) is 6.04 Å². The standard InChI is InChI=1S/C17H20N2/c1-12-7-9-14(10-8-12)17-11-13(2)18-15-5-3-4-6-16(15)19-17/h3-10,13,17-19H,11H2,1-2H3/t13-,17-/m0/s1. The van der Waals surface area contributed by atoms with E-state index in [4.69, 9.17) is 0 Å². The molecule has 0 spiro atoms. The topological polar surface area (TPSA) is 24.1 Å². The van der Waals surface area contributed by atoms with E-state index in [-0.39, 0.29) is 0 Å². The Morgan fingerprint density at radius 3 is 2.21 bits per heavy atom. The molecule has 2 heteroatoms. The Kier molecular flexibility index (Phi) is 3.16. The molecule has 0 aromatic heterocycles. The number of hydrogen-bond donors (Lipinski definition) is 2. The number of hydrogen-bond acceptors (Lipinski definition) is 2. The highest BCUT2D eigenvalue weighted by Crippen LogP contribution is 2.33. The SMILES string of the molecule is Cc1ccc([C@@H]2C[C@H](C)Nc3ccccc3N2)cc1. The Morgan fingerprint density at radius 1 is 0.895 bits per heavy atom. The Morgan fingerprint density at radius 2 is 1.53 bits per heavy atom. The van der Waals surface area contributed by atoms with Crippen LogP contribution in [0.2, 0.25) is 0 Å². The monoisotopic (exact) mass is 252 g/mol. The van der Waals surface area contributed by atoms with E-state index in [0.717, 1.165) is 6.42 Å². The van der Waals surface area contributed by atoms with Crippen LogP contribution in [0.25, 0.3) is 0 Å². The molecule has 1 aliphatic rings. The van der Waals surface area contributed by atoms with Crippen LogP contribution < -0.4 is 10.6 Å². The Balaban J connectivity index is 1.93. The summed E-state index contributed by atoms with van der Waals surface area (Å²) in [6.45, 7) is 4.37. The van der Waals surface area contributed by atoms with Crippen molar-refractivity contribution in [3.05, 3.63) is 59.7 Å². The van der Waals surface area contributed by atoms with Gasteiger partial charge in [0.15, 0.2) is 0 Å². The molecule has 2 nitrogen and oxygen atoms in total. The Labute approximate surface area is 114 Å². The smallest absolute Gasteiger partial charge is 0.0580 e. The number of rotatable bonds is 1. The van der Waals surface area contributed by atoms with Crippen molar-refractivity contribution in [3.8, 4) is 0 Å². The molecule has 1 aliphatic heterocycles. The first-order valence-corrected chi connectivity index (χ1v) is 6.91. The van der Waals surface area contributed by atoms with Gasteiger partial charge in [-0.25, -0.2) is 0 Å². The number of nitrogens with one attached hydrogen (secondary N) is 2. The number of benzene rings is 2. The first-order valence-electron chi connectivity index (χ1n) is 6.91. The number of fused-ring (bicyclic) bond motifs is 1. The van der Waals surface area contributed by atoms with Gasteiger partial charge < -0.3 is 10.6 Å². The second-order valence-electron chi connectivity index (χ2n) is 5.43. The van der Waals surface area contributed by atoms with E-state index in [2.05, 4.69) is 73.0 Å². The average molecular weight is 252 g/mol. The van der Waals surface area contributed by atoms with Gasteiger partial charge in [-0.2, -0.15) is 0 Å². The van der Waals surface area contributed by atoms with Crippen molar-refractivity contribution < 1.29 is 0 Å². The van der Waals surface area contributed by atoms with Gasteiger partial charge in [0.2, 0.25) is 0 Å². The molecule has 0 saturated carbocycles. The quantitative estimate of drug-likeness (QED) is 0.788. The van der Waals surface area contributed by atoms with Crippen molar-refractivity contribution in [2.24, 2.45) is 0 Å². The molecule has 0 bridgehead atoms. The van der Waals surface area contributed by atoms with Crippen LogP contribution in [-0.4, -0.2) is 6.04 Å². The van der Waals surface area contributed by atoms with Crippen LogP contribution in [0.4, 0.5) is 11.4 Å². The zero-order valence-corrected chi connectivity index (χ0v) is 11.5. The normalized spacial score (nSPS) is 21.8. The molecule has 2 atom stereocenters. The summed E-state index contributed by atoms with van der Waals surface area (Å²) in [5.74, 6) is 0. The van der Waals surface area contributed by atoms with E-state index in [1.165, 1.54) is 22.5 Å². The molecular weight excluding hydrogens is 232 g/mol. The fourth-order valence-electron chi connectivity index (χ4n) is 2.68. The summed E-state index contributed by atoms with van der Waals surface area (Å²) in [5, 5.41) is 7.23. The molecule has 2 aromatic rings. The second kappa shape index (κ2) is 4.96. The summed E-state index contributed by atoms with van der Waals surface area (Å²) < 4.78 is 0. The molecule has 98 valence electrons. The second-order valence-corrected chi connectivity index (χ2v) is 5.43. The molecule has 0 saturated heterocycles. The van der Waals surface area contributed by atoms with Gasteiger partial charge >= 0.3 is 0 Å². The van der Waals surface area contributed by atoms with Crippen molar-refractivity contribution in [2.75, 3.05) is 10.6 Å². The summed E-state index contributed by atoms with van der Waals surface area (Å²) in [6.07, 6.45) is 1.08. The van der Waals surface area contributed by atoms with Crippen molar-refractivity contribution >= 4 is 11.4 Å². The van der Waals surface area contributed by atoms with E-state index in [1.54, 1.807) is 0 Å². The minimum absolute atomic E-state index is 0.367. The van der Waals surface area contributed by atoms with Crippen molar-refractivity contribution in [1.82, 2.24) is 0 Å². The van der Waals surface area contributed by atoms with Crippen LogP contribution in [0.5, 0.6) is 0 Å². The fourth-order valence-corrected chi connectivity index (χ4v) is 2.68. The fraction of sp³-hybridized carbons (Fsp3) is 0.294. The largest absolute Gasteiger partial charge is 0.381 e. The summed E-state index contributed by atoms with van der Waals surface area (Å²) >= 11 is 0. The average Bonchev–Trinajstić information content (AvgIpc) is 2.57. The summed E-state index contributed by atoms with van der Waals surface area (Å²) in [7, 11) is 0. The first-order chi connectivity index (χ1) is 9.22. The maximum Gasteiger partial charge on any atom is 0.0580 e. The molecule has 1 heterocycles. The van der Waals surface area contributed by atoms with Gasteiger partial charge in [0.25, 0.3) is 0 Å². The molecule has 2 aromatic carbocycles. The van der Waals surface area contributed by atoms with E-state index in [1.807, 2.05) is 0 Å². The summed E-state index contributed by atoms with van der Waals surface area (Å²) in [5.41, 5.74) is 5.06. The highest BCUT2D eigenvalue weighted by molar-refractivity contribution is 5.70. The van der Waals surface area contributed by atoms with Crippen LogP contribution in [-0.2, 0) is 0 Å². The van der Waals surface area contributed by atoms with Gasteiger partial charge in [-0.1, -0.05) is 42.0 Å². The number of anilines is 2. The third-order valence-electron chi connectivity index (χ3n) is 3.73. The Bertz CT molecular complexity index is 560. The van der Waals surface area contributed by atoms with Crippen molar-refractivity contribution in [1.29, 1.82) is 0 Å². The van der Waals surface area contributed by atoms with Crippen LogP contribution >= 0.6 is 0 Å². The van der Waals surface area contributed by atoms with Crippen molar-refractivity contribution in [2.45, 2.75) is 32.4 Å². The minimum atomic E-state index is 0.367. The summed E-state index contributed by atoms with van der Waals surface area (Å²) in [6, 6.07) is 18.1. The first kappa shape index (κ1) is 12.1. The van der Waals surface area contributed by atoms with E-state index in [9.17, 15) is 0 Å². The molecule has 0 radical (unpaired) electrons. The third-order valence-corrected chi connectivity index (χ3v) is 3.73. The van der Waals surface area contributed by atoms with E-state index >= 15 is 0 Å². The summed E-state index contributed by atoms with van der Waals surface area (Å²) in [4.78, 5) is 0. The Hall–Kier alpha value is -1.96. The lowest BCUT2D eigenvalue weighted by Gasteiger charge is -2.19. The van der Waals surface area contributed by atoms with Gasteiger partial charge in [0.05, 0.1) is 17.4 Å². The van der Waals surface area contributed by atoms with Crippen LogP contribution in [0.1, 0.15) is 30.5 Å². The molecule has 0 unspecified atom stereocenters. The lowest BCUT2D eigenvalue weighted by atomic mass is 9.99. The molecule has 19 heavy (non-hydrogen) atoms. The predicted octanol–water partition coefficient (Wildman–Crippen LogP) is 4.35. The van der Waals surface area contributed by atoms with E-state index in [0.29, 0.717) is 12.1 Å². The number of aryl methyl sites for hydroxylation is 1. The van der Waals surface area contributed by atoms with Gasteiger partial charge in [-0.05, 0) is 38.0 Å². The molecular formula is C17H20N2. The molecule has 2 N–H and O–H groups in total. The highest BCUT2D eigenvalue weighted by Gasteiger charge is 2.20. The minimum Gasteiger partial charge on any atom is -0.381 e. The zero-order chi connectivity index (χ0) is 13.2. The van der Waals surface area contributed by atoms with Gasteiger partial charge in [0.1, 0.15) is 0 Å². The van der Waals surface area contributed by atoms with Crippen LogP contribution in [0.15, 0.2) is 48.5 Å². The molecule has 0 fully saturated rings. The van der Waals surface area contributed by atoms with E-state index < -0.39 is 0 Å². The lowest BCUT2D eigenvalue weighted by Crippen LogP contribution is -2.18. The zero-order valence-electron chi connectivity index (χ0n) is 11.5. The molecule has 0 aliphatic carbocycles. The van der Waals surface area contributed by atoms with Crippen LogP contribution in [0.3, 0.4) is 0 Å². The van der Waals surface area contributed by atoms with Gasteiger partial charge in [-0.3, -0.25) is 0 Å². The maximum atomic E-state index is 3.66. The van der Waals surface area contributed by atoms with Crippen molar-refractivity contribution in [3.63, 3.8) is 0 Å². The molecule has 3 rings (SSSR count). The third kappa shape index (κ3) is 2.58. The molecule has 0 amide bonds.